The maximum atomic E-state index is 12.5. The van der Waals surface area contributed by atoms with Crippen LogP contribution >= 0.6 is 0 Å². The van der Waals surface area contributed by atoms with Gasteiger partial charge in [-0.3, -0.25) is 0 Å². The molecule has 0 heterocycles. The molecule has 0 unspecified atom stereocenters. The molecule has 0 N–H and O–H groups in total. The second-order valence-corrected chi connectivity index (χ2v) is 4.77. The van der Waals surface area contributed by atoms with E-state index in [0.717, 1.165) is 36.1 Å². The van der Waals surface area contributed by atoms with Crippen molar-refractivity contribution in [3.63, 3.8) is 0 Å². The lowest BCUT2D eigenvalue weighted by Gasteiger charge is -2.11. The van der Waals surface area contributed by atoms with Crippen molar-refractivity contribution in [2.75, 3.05) is 0 Å². The molecule has 106 valence electrons. The van der Waals surface area contributed by atoms with Crippen LogP contribution in [0.25, 0.3) is 11.1 Å². The summed E-state index contributed by atoms with van der Waals surface area (Å²) in [5, 5.41) is 0. The van der Waals surface area contributed by atoms with Crippen LogP contribution in [0.5, 0.6) is 0 Å². The third-order valence-electron chi connectivity index (χ3n) is 3.51. The average molecular weight is 278 g/mol. The normalized spacial score (nSPS) is 11.7. The molecule has 0 radical (unpaired) electrons. The number of hydrogen-bond acceptors (Lipinski definition) is 0. The predicted molar refractivity (Wildman–Crippen MR) is 75.6 cm³/mol. The number of alkyl halides is 3. The summed E-state index contributed by atoms with van der Waals surface area (Å²) < 4.78 is 37.6. The van der Waals surface area contributed by atoms with Crippen LogP contribution < -0.4 is 0 Å². The van der Waals surface area contributed by atoms with Crippen molar-refractivity contribution in [1.29, 1.82) is 0 Å². The molecule has 20 heavy (non-hydrogen) atoms. The lowest BCUT2D eigenvalue weighted by molar-refractivity contribution is -0.137. The van der Waals surface area contributed by atoms with Gasteiger partial charge >= 0.3 is 6.18 Å². The Labute approximate surface area is 117 Å². The van der Waals surface area contributed by atoms with Gasteiger partial charge in [-0.15, -0.1) is 0 Å². The highest BCUT2D eigenvalue weighted by Crippen LogP contribution is 2.31. The number of rotatable bonds is 3. The Balaban J connectivity index is 2.37. The highest BCUT2D eigenvalue weighted by molar-refractivity contribution is 5.65. The molecule has 0 spiro atoms. The second kappa shape index (κ2) is 5.70. The van der Waals surface area contributed by atoms with Crippen LogP contribution in [-0.4, -0.2) is 0 Å². The quantitative estimate of drug-likeness (QED) is 0.695. The van der Waals surface area contributed by atoms with Gasteiger partial charge in [-0.2, -0.15) is 13.2 Å². The smallest absolute Gasteiger partial charge is 0.166 e. The summed E-state index contributed by atoms with van der Waals surface area (Å²) in [6.07, 6.45) is -2.38. The zero-order valence-electron chi connectivity index (χ0n) is 11.6. The molecule has 0 aromatic heterocycles. The van der Waals surface area contributed by atoms with Gasteiger partial charge in [0.05, 0.1) is 5.56 Å². The largest absolute Gasteiger partial charge is 0.416 e. The fourth-order valence-corrected chi connectivity index (χ4v) is 2.33. The summed E-state index contributed by atoms with van der Waals surface area (Å²) in [6, 6.07) is 11.4. The molecule has 0 atom stereocenters. The van der Waals surface area contributed by atoms with E-state index in [-0.39, 0.29) is 0 Å². The Bertz CT molecular complexity index is 580. The van der Waals surface area contributed by atoms with Crippen molar-refractivity contribution in [2.24, 2.45) is 0 Å². The summed E-state index contributed by atoms with van der Waals surface area (Å²) in [5.74, 6) is 0. The van der Waals surface area contributed by atoms with Crippen LogP contribution in [0.15, 0.2) is 42.5 Å². The van der Waals surface area contributed by atoms with E-state index in [0.29, 0.717) is 0 Å². The summed E-state index contributed by atoms with van der Waals surface area (Å²) >= 11 is 0. The van der Waals surface area contributed by atoms with Gasteiger partial charge in [-0.25, -0.2) is 0 Å². The minimum absolute atomic E-state index is 0.609. The van der Waals surface area contributed by atoms with Crippen LogP contribution in [0.4, 0.5) is 13.2 Å². The van der Waals surface area contributed by atoms with E-state index >= 15 is 0 Å². The van der Waals surface area contributed by atoms with E-state index in [9.17, 15) is 13.2 Å². The van der Waals surface area contributed by atoms with Gasteiger partial charge in [0.25, 0.3) is 0 Å². The molecule has 0 fully saturated rings. The van der Waals surface area contributed by atoms with Gasteiger partial charge in [0.1, 0.15) is 0 Å². The molecule has 0 saturated heterocycles. The fraction of sp³-hybridized carbons (Fsp3) is 0.294. The van der Waals surface area contributed by atoms with Crippen molar-refractivity contribution < 1.29 is 13.2 Å². The molecule has 2 aromatic carbocycles. The first kappa shape index (κ1) is 14.6. The molecular weight excluding hydrogens is 261 g/mol. The van der Waals surface area contributed by atoms with E-state index in [4.69, 9.17) is 0 Å². The number of halogens is 3. The van der Waals surface area contributed by atoms with Gasteiger partial charge in [0.15, 0.2) is 0 Å². The molecule has 0 aliphatic carbocycles. The monoisotopic (exact) mass is 278 g/mol. The molecule has 2 rings (SSSR count). The lowest BCUT2D eigenvalue weighted by Crippen LogP contribution is -2.04. The number of aryl methyl sites for hydroxylation is 2. The van der Waals surface area contributed by atoms with Crippen LogP contribution in [0.2, 0.25) is 0 Å². The van der Waals surface area contributed by atoms with Gasteiger partial charge in [0.2, 0.25) is 0 Å². The van der Waals surface area contributed by atoms with Crippen LogP contribution in [0, 0.1) is 0 Å². The van der Waals surface area contributed by atoms with Gasteiger partial charge in [0, 0.05) is 0 Å². The van der Waals surface area contributed by atoms with Crippen molar-refractivity contribution in [1.82, 2.24) is 0 Å². The fourth-order valence-electron chi connectivity index (χ4n) is 2.33. The third kappa shape index (κ3) is 3.03. The zero-order valence-corrected chi connectivity index (χ0v) is 11.6. The minimum atomic E-state index is -4.28. The first-order valence-corrected chi connectivity index (χ1v) is 6.75. The van der Waals surface area contributed by atoms with E-state index in [1.165, 1.54) is 23.3 Å². The molecule has 0 amide bonds. The van der Waals surface area contributed by atoms with E-state index in [1.807, 2.05) is 6.07 Å². The zero-order chi connectivity index (χ0) is 14.8. The Morgan fingerprint density at radius 3 is 1.80 bits per heavy atom. The summed E-state index contributed by atoms with van der Waals surface area (Å²) in [5.41, 5.74) is 3.72. The molecular formula is C17H17F3. The van der Waals surface area contributed by atoms with Crippen molar-refractivity contribution in [3.05, 3.63) is 59.2 Å². The predicted octanol–water partition coefficient (Wildman–Crippen LogP) is 5.50. The Kier molecular flexibility index (Phi) is 4.17. The molecule has 0 saturated carbocycles. The van der Waals surface area contributed by atoms with Crippen LogP contribution in [0.3, 0.4) is 0 Å². The van der Waals surface area contributed by atoms with Gasteiger partial charge < -0.3 is 0 Å². The topological polar surface area (TPSA) is 0 Å². The molecule has 0 bridgehead atoms. The van der Waals surface area contributed by atoms with E-state index in [1.54, 1.807) is 0 Å². The first-order valence-electron chi connectivity index (χ1n) is 6.75. The number of hydrogen-bond donors (Lipinski definition) is 0. The highest BCUT2D eigenvalue weighted by Gasteiger charge is 2.29. The Hall–Kier alpha value is -1.77. The second-order valence-electron chi connectivity index (χ2n) is 4.77. The Morgan fingerprint density at radius 2 is 1.30 bits per heavy atom. The molecule has 3 heteroatoms. The molecule has 0 aliphatic rings. The average Bonchev–Trinajstić information content (AvgIpc) is 2.45. The van der Waals surface area contributed by atoms with E-state index in [2.05, 4.69) is 26.0 Å². The Morgan fingerprint density at radius 1 is 0.750 bits per heavy atom. The maximum absolute atomic E-state index is 12.5. The van der Waals surface area contributed by atoms with E-state index < -0.39 is 11.7 Å². The van der Waals surface area contributed by atoms with Crippen LogP contribution in [-0.2, 0) is 19.0 Å². The molecule has 2 aromatic rings. The summed E-state index contributed by atoms with van der Waals surface area (Å²) in [4.78, 5) is 0. The first-order chi connectivity index (χ1) is 9.45. The lowest BCUT2D eigenvalue weighted by atomic mass is 9.96. The molecule has 0 aliphatic heterocycles. The third-order valence-corrected chi connectivity index (χ3v) is 3.51. The standard InChI is InChI=1S/C17H17F3/c1-3-12-5-6-15(11-13(12)4-2)14-7-9-16(10-8-14)17(18,19)20/h5-11H,3-4H2,1-2H3. The van der Waals surface area contributed by atoms with Crippen LogP contribution in [0.1, 0.15) is 30.5 Å². The van der Waals surface area contributed by atoms with Crippen molar-refractivity contribution in [2.45, 2.75) is 32.9 Å². The molecule has 0 nitrogen and oxygen atoms in total. The maximum Gasteiger partial charge on any atom is 0.416 e. The number of benzene rings is 2. The van der Waals surface area contributed by atoms with Gasteiger partial charge in [-0.1, -0.05) is 44.2 Å². The minimum Gasteiger partial charge on any atom is -0.166 e. The van der Waals surface area contributed by atoms with Crippen molar-refractivity contribution >= 4 is 0 Å². The van der Waals surface area contributed by atoms with Crippen molar-refractivity contribution in [3.8, 4) is 11.1 Å². The summed E-state index contributed by atoms with van der Waals surface area (Å²) in [7, 11) is 0. The summed E-state index contributed by atoms with van der Waals surface area (Å²) in [6.45, 7) is 4.19. The highest BCUT2D eigenvalue weighted by atomic mass is 19.4. The van der Waals surface area contributed by atoms with Gasteiger partial charge in [-0.05, 0) is 47.2 Å². The SMILES string of the molecule is CCc1ccc(-c2ccc(C(F)(F)F)cc2)cc1CC.